The Kier molecular flexibility index (Phi) is 10.3. The Bertz CT molecular complexity index is 533. The quantitative estimate of drug-likeness (QED) is 0.678. The number of esters is 1. The molecule has 0 bridgehead atoms. The van der Waals surface area contributed by atoms with Crippen LogP contribution < -0.4 is 0 Å². The van der Waals surface area contributed by atoms with Crippen molar-refractivity contribution in [2.75, 3.05) is 0 Å². The summed E-state index contributed by atoms with van der Waals surface area (Å²) in [6.07, 6.45) is 1.04. The molecule has 0 unspecified atom stereocenters. The van der Waals surface area contributed by atoms with Gasteiger partial charge in [0.25, 0.3) is 0 Å². The molecule has 5 heteroatoms. The van der Waals surface area contributed by atoms with E-state index in [4.69, 9.17) is 4.74 Å². The van der Waals surface area contributed by atoms with Crippen LogP contribution in [0.4, 0.5) is 0 Å². The summed E-state index contributed by atoms with van der Waals surface area (Å²) in [6.45, 7) is 15.5. The molecule has 170 valence electrons. The molecule has 0 amide bonds. The number of aliphatic hydroxyl groups excluding tert-OH is 2. The molecule has 1 heterocycles. The predicted molar refractivity (Wildman–Crippen MR) is 115 cm³/mol. The van der Waals surface area contributed by atoms with Gasteiger partial charge >= 0.3 is 5.97 Å². The van der Waals surface area contributed by atoms with Crippen LogP contribution in [0, 0.1) is 41.4 Å². The molecular weight excluding hydrogens is 368 g/mol. The summed E-state index contributed by atoms with van der Waals surface area (Å²) in [5, 5.41) is 21.8. The first-order valence-corrected chi connectivity index (χ1v) is 11.5. The number of aliphatic hydroxyl groups is 2. The highest BCUT2D eigenvalue weighted by Crippen LogP contribution is 2.34. The number of hydrogen-bond acceptors (Lipinski definition) is 5. The van der Waals surface area contributed by atoms with Gasteiger partial charge in [-0.05, 0) is 37.5 Å². The zero-order valence-electron chi connectivity index (χ0n) is 19.7. The second-order valence-electron chi connectivity index (χ2n) is 9.77. The van der Waals surface area contributed by atoms with Crippen LogP contribution in [0.2, 0.25) is 0 Å². The van der Waals surface area contributed by atoms with Crippen molar-refractivity contribution >= 4 is 11.8 Å². The van der Waals surface area contributed by atoms with Gasteiger partial charge in [-0.15, -0.1) is 0 Å². The highest BCUT2D eigenvalue weighted by Gasteiger charge is 2.39. The summed E-state index contributed by atoms with van der Waals surface area (Å²) in [4.78, 5) is 25.8. The molecule has 1 fully saturated rings. The van der Waals surface area contributed by atoms with Gasteiger partial charge in [-0.25, -0.2) is 0 Å². The van der Waals surface area contributed by atoms with E-state index in [1.807, 2.05) is 20.8 Å². The molecule has 10 atom stereocenters. The van der Waals surface area contributed by atoms with E-state index < -0.39 is 36.1 Å². The molecule has 0 saturated carbocycles. The Hall–Kier alpha value is -0.940. The molecule has 2 N–H and O–H groups in total. The van der Waals surface area contributed by atoms with E-state index in [2.05, 4.69) is 20.8 Å². The topological polar surface area (TPSA) is 83.8 Å². The van der Waals surface area contributed by atoms with Crippen LogP contribution in [-0.4, -0.2) is 40.3 Å². The Labute approximate surface area is 177 Å². The van der Waals surface area contributed by atoms with Gasteiger partial charge in [0.1, 0.15) is 11.9 Å². The molecule has 0 aliphatic carbocycles. The fraction of sp³-hybridized carbons (Fsp3) is 0.917. The lowest BCUT2D eigenvalue weighted by Crippen LogP contribution is -2.44. The molecule has 0 aromatic carbocycles. The van der Waals surface area contributed by atoms with Crippen molar-refractivity contribution in [1.82, 2.24) is 0 Å². The van der Waals surface area contributed by atoms with Gasteiger partial charge < -0.3 is 14.9 Å². The van der Waals surface area contributed by atoms with E-state index in [1.54, 1.807) is 13.8 Å². The summed E-state index contributed by atoms with van der Waals surface area (Å²) in [5.41, 5.74) is 0. The van der Waals surface area contributed by atoms with Crippen LogP contribution in [0.5, 0.6) is 0 Å². The minimum atomic E-state index is -0.866. The van der Waals surface area contributed by atoms with Gasteiger partial charge in [0.2, 0.25) is 0 Å². The van der Waals surface area contributed by atoms with E-state index in [-0.39, 0.29) is 35.4 Å². The standard InChI is InChI=1S/C24H44O5/c1-9-10-11-20-17(6)23(27)18(7)21(25)14(3)12-13(2)15(4)16(5)22(26)19(8)24(28)29-20/h13-20,22-23,26-27H,9-12H2,1-8H3/t13-,14+,15-,16+,17-,18-,19+,20+,22-,23-/m0/s1. The smallest absolute Gasteiger partial charge is 0.311 e. The van der Waals surface area contributed by atoms with Crippen molar-refractivity contribution in [2.24, 2.45) is 41.4 Å². The van der Waals surface area contributed by atoms with E-state index in [9.17, 15) is 19.8 Å². The van der Waals surface area contributed by atoms with E-state index in [0.717, 1.165) is 12.8 Å². The van der Waals surface area contributed by atoms with Crippen LogP contribution in [0.15, 0.2) is 0 Å². The van der Waals surface area contributed by atoms with Gasteiger partial charge in [-0.3, -0.25) is 9.59 Å². The Morgan fingerprint density at radius 3 is 1.97 bits per heavy atom. The third-order valence-electron chi connectivity index (χ3n) is 7.56. The highest BCUT2D eigenvalue weighted by atomic mass is 16.5. The van der Waals surface area contributed by atoms with Gasteiger partial charge in [0.05, 0.1) is 18.1 Å². The van der Waals surface area contributed by atoms with Gasteiger partial charge in [-0.1, -0.05) is 61.3 Å². The zero-order valence-corrected chi connectivity index (χ0v) is 19.7. The first-order chi connectivity index (χ1) is 13.4. The minimum absolute atomic E-state index is 0.0580. The van der Waals surface area contributed by atoms with Crippen molar-refractivity contribution in [3.8, 4) is 0 Å². The molecule has 0 aromatic rings. The Morgan fingerprint density at radius 2 is 1.41 bits per heavy atom. The lowest BCUT2D eigenvalue weighted by molar-refractivity contribution is -0.165. The minimum Gasteiger partial charge on any atom is -0.462 e. The molecule has 0 radical (unpaired) electrons. The predicted octanol–water partition coefficient (Wildman–Crippen LogP) is 4.24. The second-order valence-corrected chi connectivity index (χ2v) is 9.77. The Balaban J connectivity index is 3.25. The van der Waals surface area contributed by atoms with Crippen molar-refractivity contribution in [3.63, 3.8) is 0 Å². The van der Waals surface area contributed by atoms with E-state index >= 15 is 0 Å². The van der Waals surface area contributed by atoms with Crippen molar-refractivity contribution in [1.29, 1.82) is 0 Å². The second kappa shape index (κ2) is 11.5. The maximum absolute atomic E-state index is 13.0. The summed E-state index contributed by atoms with van der Waals surface area (Å²) < 4.78 is 5.81. The number of carbonyl (C=O) groups excluding carboxylic acids is 2. The first-order valence-electron chi connectivity index (χ1n) is 11.5. The molecule has 0 spiro atoms. The zero-order chi connectivity index (χ0) is 22.5. The normalized spacial score (nSPS) is 43.5. The number of unbranched alkanes of at least 4 members (excludes halogenated alkanes) is 1. The van der Waals surface area contributed by atoms with E-state index in [0.29, 0.717) is 12.8 Å². The molecule has 5 nitrogen and oxygen atoms in total. The summed E-state index contributed by atoms with van der Waals surface area (Å²) in [5.74, 6) is -1.74. The average molecular weight is 413 g/mol. The summed E-state index contributed by atoms with van der Waals surface area (Å²) in [7, 11) is 0. The average Bonchev–Trinajstić information content (AvgIpc) is 2.71. The molecule has 1 rings (SSSR count). The number of cyclic esters (lactones) is 1. The maximum atomic E-state index is 13.0. The number of Topliss-reactive ketones (excluding diaryl/α,β-unsaturated/α-hetero) is 1. The number of ether oxygens (including phenoxy) is 1. The van der Waals surface area contributed by atoms with Crippen LogP contribution in [0.25, 0.3) is 0 Å². The fourth-order valence-electron chi connectivity index (χ4n) is 4.70. The van der Waals surface area contributed by atoms with Crippen molar-refractivity contribution in [3.05, 3.63) is 0 Å². The third-order valence-corrected chi connectivity index (χ3v) is 7.56. The highest BCUT2D eigenvalue weighted by molar-refractivity contribution is 5.83. The largest absolute Gasteiger partial charge is 0.462 e. The van der Waals surface area contributed by atoms with Gasteiger partial charge in [0, 0.05) is 17.8 Å². The number of hydrogen-bond donors (Lipinski definition) is 2. The third kappa shape index (κ3) is 6.52. The monoisotopic (exact) mass is 412 g/mol. The number of carbonyl (C=O) groups is 2. The summed E-state index contributed by atoms with van der Waals surface area (Å²) in [6, 6.07) is 0. The lowest BCUT2D eigenvalue weighted by atomic mass is 9.73. The van der Waals surface area contributed by atoms with Gasteiger partial charge in [0.15, 0.2) is 0 Å². The van der Waals surface area contributed by atoms with E-state index in [1.165, 1.54) is 0 Å². The molecule has 0 aromatic heterocycles. The maximum Gasteiger partial charge on any atom is 0.311 e. The van der Waals surface area contributed by atoms with Gasteiger partial charge in [-0.2, -0.15) is 0 Å². The number of ketones is 1. The van der Waals surface area contributed by atoms with Crippen LogP contribution in [0.1, 0.15) is 81.1 Å². The molecule has 29 heavy (non-hydrogen) atoms. The molecule has 1 aliphatic heterocycles. The van der Waals surface area contributed by atoms with Crippen LogP contribution in [0.3, 0.4) is 0 Å². The molecule has 1 aliphatic rings. The van der Waals surface area contributed by atoms with Crippen LogP contribution >= 0.6 is 0 Å². The summed E-state index contributed by atoms with van der Waals surface area (Å²) >= 11 is 0. The molecule has 1 saturated heterocycles. The fourth-order valence-corrected chi connectivity index (χ4v) is 4.70. The van der Waals surface area contributed by atoms with Crippen molar-refractivity contribution < 1.29 is 24.5 Å². The lowest BCUT2D eigenvalue weighted by Gasteiger charge is -2.36. The molecular formula is C24H44O5. The number of rotatable bonds is 3. The first kappa shape index (κ1) is 26.1. The van der Waals surface area contributed by atoms with Crippen molar-refractivity contribution in [2.45, 2.75) is 99.4 Å². The SMILES string of the molecule is CCCC[C@H]1OC(=O)[C@H](C)[C@@H](O)[C@H](C)[C@@H](C)[C@@H](C)C[C@@H](C)C(=O)[C@H](C)[C@@H](O)[C@H]1C. The Morgan fingerprint density at radius 1 is 0.862 bits per heavy atom. The van der Waals surface area contributed by atoms with Crippen LogP contribution in [-0.2, 0) is 14.3 Å².